The lowest BCUT2D eigenvalue weighted by molar-refractivity contribution is -0.118. The van der Waals surface area contributed by atoms with Gasteiger partial charge in [-0.3, -0.25) is 9.78 Å². The number of nitrogens with one attached hydrogen (secondary N) is 1. The van der Waals surface area contributed by atoms with Gasteiger partial charge in [-0.15, -0.1) is 0 Å². The third-order valence-corrected chi connectivity index (χ3v) is 3.40. The van der Waals surface area contributed by atoms with Crippen LogP contribution in [0.25, 0.3) is 0 Å². The molecular formula is C17H21N3O2. The minimum Gasteiger partial charge on any atom is -0.380 e. The lowest BCUT2D eigenvalue weighted by Gasteiger charge is -2.12. The second-order valence-electron chi connectivity index (χ2n) is 5.07. The van der Waals surface area contributed by atoms with E-state index >= 15 is 0 Å². The molecule has 0 aliphatic heterocycles. The van der Waals surface area contributed by atoms with Crippen LogP contribution in [0.3, 0.4) is 0 Å². The zero-order valence-electron chi connectivity index (χ0n) is 12.7. The van der Waals surface area contributed by atoms with Gasteiger partial charge in [0, 0.05) is 31.7 Å². The zero-order chi connectivity index (χ0) is 15.8. The topological polar surface area (TPSA) is 77.2 Å². The van der Waals surface area contributed by atoms with E-state index in [4.69, 9.17) is 10.5 Å². The van der Waals surface area contributed by atoms with E-state index in [0.29, 0.717) is 6.54 Å². The van der Waals surface area contributed by atoms with Gasteiger partial charge in [-0.05, 0) is 41.8 Å². The summed E-state index contributed by atoms with van der Waals surface area (Å²) in [6.45, 7) is 0.328. The van der Waals surface area contributed by atoms with Crippen LogP contribution in [0.15, 0.2) is 48.8 Å². The van der Waals surface area contributed by atoms with E-state index in [0.717, 1.165) is 12.1 Å². The molecule has 5 nitrogen and oxygen atoms in total. The number of pyridine rings is 1. The maximum atomic E-state index is 11.9. The number of anilines is 1. The number of carbonyl (C=O) groups excluding carboxylic acids is 1. The molecule has 1 unspecified atom stereocenters. The molecule has 0 saturated carbocycles. The first kappa shape index (κ1) is 16.1. The zero-order valence-corrected chi connectivity index (χ0v) is 12.7. The van der Waals surface area contributed by atoms with Gasteiger partial charge in [0.15, 0.2) is 0 Å². The molecule has 2 rings (SSSR count). The lowest BCUT2D eigenvalue weighted by Crippen LogP contribution is -2.28. The van der Waals surface area contributed by atoms with Gasteiger partial charge < -0.3 is 15.8 Å². The molecule has 1 heterocycles. The van der Waals surface area contributed by atoms with E-state index in [1.165, 1.54) is 11.1 Å². The Hall–Kier alpha value is -2.24. The van der Waals surface area contributed by atoms with Crippen molar-refractivity contribution in [1.82, 2.24) is 4.98 Å². The minimum absolute atomic E-state index is 0.0980. The second-order valence-corrected chi connectivity index (χ2v) is 5.07. The highest BCUT2D eigenvalue weighted by Crippen LogP contribution is 2.13. The first-order chi connectivity index (χ1) is 10.7. The van der Waals surface area contributed by atoms with Gasteiger partial charge in [-0.2, -0.15) is 0 Å². The van der Waals surface area contributed by atoms with Gasteiger partial charge in [-0.1, -0.05) is 12.1 Å². The van der Waals surface area contributed by atoms with E-state index in [2.05, 4.69) is 10.3 Å². The summed E-state index contributed by atoms with van der Waals surface area (Å²) in [6, 6.07) is 11.8. The van der Waals surface area contributed by atoms with Crippen LogP contribution in [0.4, 0.5) is 5.69 Å². The Bertz CT molecular complexity index is 581. The number of nitrogens with two attached hydrogens (primary N) is 1. The van der Waals surface area contributed by atoms with Crippen molar-refractivity contribution < 1.29 is 9.53 Å². The molecule has 0 radical (unpaired) electrons. The lowest BCUT2D eigenvalue weighted by atomic mass is 10.1. The fourth-order valence-corrected chi connectivity index (χ4v) is 2.12. The average Bonchev–Trinajstić information content (AvgIpc) is 2.55. The molecule has 1 amide bonds. The second kappa shape index (κ2) is 8.26. The maximum Gasteiger partial charge on any atom is 0.227 e. The molecule has 0 saturated heterocycles. The Morgan fingerprint density at radius 2 is 1.82 bits per heavy atom. The van der Waals surface area contributed by atoms with E-state index in [9.17, 15) is 4.79 Å². The molecule has 1 atom stereocenters. The Balaban J connectivity index is 1.90. The van der Waals surface area contributed by atoms with Crippen LogP contribution in [0.5, 0.6) is 0 Å². The number of rotatable bonds is 7. The van der Waals surface area contributed by atoms with E-state index < -0.39 is 0 Å². The predicted molar refractivity (Wildman–Crippen MR) is 86.6 cm³/mol. The summed E-state index contributed by atoms with van der Waals surface area (Å²) < 4.78 is 5.10. The number of ether oxygens (including phenoxy) is 1. The highest BCUT2D eigenvalue weighted by atomic mass is 16.5. The monoisotopic (exact) mass is 299 g/mol. The summed E-state index contributed by atoms with van der Waals surface area (Å²) in [6.07, 6.45) is 4.42. The van der Waals surface area contributed by atoms with Crippen LogP contribution in [0.1, 0.15) is 17.5 Å². The molecule has 116 valence electrons. The van der Waals surface area contributed by atoms with Crippen molar-refractivity contribution in [1.29, 1.82) is 0 Å². The van der Waals surface area contributed by atoms with Crippen LogP contribution in [0.2, 0.25) is 0 Å². The summed E-state index contributed by atoms with van der Waals surface area (Å²) >= 11 is 0. The van der Waals surface area contributed by atoms with E-state index in [1.54, 1.807) is 19.5 Å². The number of benzene rings is 1. The number of hydrogen-bond acceptors (Lipinski definition) is 4. The molecule has 22 heavy (non-hydrogen) atoms. The van der Waals surface area contributed by atoms with Crippen molar-refractivity contribution in [2.45, 2.75) is 18.9 Å². The number of aromatic nitrogens is 1. The van der Waals surface area contributed by atoms with E-state index in [-0.39, 0.29) is 18.4 Å². The first-order valence-electron chi connectivity index (χ1n) is 7.22. The Morgan fingerprint density at radius 1 is 1.18 bits per heavy atom. The van der Waals surface area contributed by atoms with Gasteiger partial charge in [0.2, 0.25) is 5.91 Å². The molecule has 1 aromatic heterocycles. The van der Waals surface area contributed by atoms with Crippen molar-refractivity contribution in [3.63, 3.8) is 0 Å². The standard InChI is InChI=1S/C17H21N3O2/c1-22-16(12-18)11-17(21)20-15-4-2-13(3-5-15)10-14-6-8-19-9-7-14/h2-9,16H,10-12,18H2,1H3,(H,20,21). The Kier molecular flexibility index (Phi) is 6.06. The van der Waals surface area contributed by atoms with Gasteiger partial charge in [0.05, 0.1) is 12.5 Å². The van der Waals surface area contributed by atoms with Crippen molar-refractivity contribution >= 4 is 11.6 Å². The fraction of sp³-hybridized carbons (Fsp3) is 0.294. The Labute approximate surface area is 130 Å². The summed E-state index contributed by atoms with van der Waals surface area (Å²) in [5, 5.41) is 2.85. The molecule has 2 aromatic rings. The molecule has 0 bridgehead atoms. The molecule has 0 spiro atoms. The SMILES string of the molecule is COC(CN)CC(=O)Nc1ccc(Cc2ccncc2)cc1. The molecule has 0 aliphatic rings. The highest BCUT2D eigenvalue weighted by molar-refractivity contribution is 5.91. The Morgan fingerprint density at radius 3 is 2.41 bits per heavy atom. The molecule has 5 heteroatoms. The average molecular weight is 299 g/mol. The predicted octanol–water partition coefficient (Wildman–Crippen LogP) is 1.97. The summed E-state index contributed by atoms with van der Waals surface area (Å²) in [5.41, 5.74) is 8.67. The normalized spacial score (nSPS) is 11.9. The van der Waals surface area contributed by atoms with Crippen LogP contribution in [-0.4, -0.2) is 30.6 Å². The minimum atomic E-state index is -0.244. The maximum absolute atomic E-state index is 11.9. The largest absolute Gasteiger partial charge is 0.380 e. The number of hydrogen-bond donors (Lipinski definition) is 2. The summed E-state index contributed by atoms with van der Waals surface area (Å²) in [7, 11) is 1.55. The van der Waals surface area contributed by atoms with Gasteiger partial charge in [-0.25, -0.2) is 0 Å². The van der Waals surface area contributed by atoms with Crippen molar-refractivity contribution in [3.8, 4) is 0 Å². The molecular weight excluding hydrogens is 278 g/mol. The smallest absolute Gasteiger partial charge is 0.227 e. The van der Waals surface area contributed by atoms with Gasteiger partial charge in [0.25, 0.3) is 0 Å². The fourth-order valence-electron chi connectivity index (χ4n) is 2.12. The third kappa shape index (κ3) is 4.95. The van der Waals surface area contributed by atoms with Gasteiger partial charge in [0.1, 0.15) is 0 Å². The molecule has 0 aliphatic carbocycles. The van der Waals surface area contributed by atoms with Gasteiger partial charge >= 0.3 is 0 Å². The number of carbonyl (C=O) groups is 1. The number of nitrogens with zero attached hydrogens (tertiary/aromatic N) is 1. The van der Waals surface area contributed by atoms with Crippen LogP contribution in [-0.2, 0) is 16.0 Å². The first-order valence-corrected chi connectivity index (χ1v) is 7.22. The van der Waals surface area contributed by atoms with Crippen molar-refractivity contribution in [2.75, 3.05) is 19.0 Å². The van der Waals surface area contributed by atoms with Crippen LogP contribution in [0, 0.1) is 0 Å². The van der Waals surface area contributed by atoms with Crippen LogP contribution >= 0.6 is 0 Å². The van der Waals surface area contributed by atoms with Crippen molar-refractivity contribution in [3.05, 3.63) is 59.9 Å². The van der Waals surface area contributed by atoms with Crippen LogP contribution < -0.4 is 11.1 Å². The van der Waals surface area contributed by atoms with E-state index in [1.807, 2.05) is 36.4 Å². The molecule has 3 N–H and O–H groups in total. The highest BCUT2D eigenvalue weighted by Gasteiger charge is 2.11. The summed E-state index contributed by atoms with van der Waals surface area (Å²) in [5.74, 6) is -0.0980. The van der Waals surface area contributed by atoms with Crippen molar-refractivity contribution in [2.24, 2.45) is 5.73 Å². The quantitative estimate of drug-likeness (QED) is 0.819. The third-order valence-electron chi connectivity index (χ3n) is 3.40. The molecule has 0 fully saturated rings. The number of amides is 1. The number of methoxy groups -OCH3 is 1. The molecule has 1 aromatic carbocycles. The summed E-state index contributed by atoms with van der Waals surface area (Å²) in [4.78, 5) is 15.9.